The van der Waals surface area contributed by atoms with E-state index in [0.29, 0.717) is 12.5 Å². The number of aryl methyl sites for hydroxylation is 2. The summed E-state index contributed by atoms with van der Waals surface area (Å²) in [6.45, 7) is 4.60. The van der Waals surface area contributed by atoms with Crippen molar-refractivity contribution < 1.29 is 0 Å². The normalized spacial score (nSPS) is 11.4. The van der Waals surface area contributed by atoms with Crippen LogP contribution in [0, 0.1) is 13.8 Å². The van der Waals surface area contributed by atoms with Crippen molar-refractivity contribution in [1.82, 2.24) is 4.98 Å². The van der Waals surface area contributed by atoms with Gasteiger partial charge in [-0.1, -0.05) is 6.07 Å². The van der Waals surface area contributed by atoms with Crippen molar-refractivity contribution >= 4 is 17.3 Å². The summed E-state index contributed by atoms with van der Waals surface area (Å²) in [4.78, 5) is 10.8. The fourth-order valence-electron chi connectivity index (χ4n) is 2.13. The van der Waals surface area contributed by atoms with Crippen molar-refractivity contribution in [3.8, 4) is 0 Å². The van der Waals surface area contributed by atoms with Crippen LogP contribution >= 0.6 is 0 Å². The Morgan fingerprint density at radius 3 is 2.68 bits per heavy atom. The molecule has 0 bridgehead atoms. The molecule has 0 aliphatic heterocycles. The summed E-state index contributed by atoms with van der Waals surface area (Å²) in [5.41, 5.74) is 11.3. The number of aliphatic imine (C=N–C) groups is 1. The molecule has 0 spiro atoms. The highest BCUT2D eigenvalue weighted by molar-refractivity contribution is 5.92. The lowest BCUT2D eigenvalue weighted by Gasteiger charge is -2.15. The summed E-state index contributed by atoms with van der Waals surface area (Å²) in [5.74, 6) is 0.388. The summed E-state index contributed by atoms with van der Waals surface area (Å²) in [7, 11) is 3.97. The van der Waals surface area contributed by atoms with Crippen molar-refractivity contribution in [2.24, 2.45) is 10.7 Å². The molecular formula is C17H23N5. The van der Waals surface area contributed by atoms with Crippen molar-refractivity contribution in [2.45, 2.75) is 20.4 Å². The molecule has 2 aromatic rings. The van der Waals surface area contributed by atoms with Crippen LogP contribution in [0.25, 0.3) is 0 Å². The molecule has 0 aliphatic carbocycles. The van der Waals surface area contributed by atoms with Crippen LogP contribution in [0.15, 0.2) is 41.5 Å². The molecule has 0 aliphatic rings. The number of hydrogen-bond donors (Lipinski definition) is 2. The molecule has 2 rings (SSSR count). The van der Waals surface area contributed by atoms with Gasteiger partial charge < -0.3 is 16.0 Å². The van der Waals surface area contributed by atoms with Gasteiger partial charge in [0, 0.05) is 26.0 Å². The fraction of sp³-hybridized carbons (Fsp3) is 0.294. The standard InChI is InChI=1S/C17H23N5/c1-12-7-8-14(10-13(12)2)21-17(18)20-11-15-16(22(3)4)6-5-9-19-15/h5-10H,11H2,1-4H3,(H3,18,20,21). The minimum atomic E-state index is 0.388. The van der Waals surface area contributed by atoms with Crippen molar-refractivity contribution in [2.75, 3.05) is 24.3 Å². The highest BCUT2D eigenvalue weighted by Gasteiger charge is 2.05. The number of anilines is 2. The predicted molar refractivity (Wildman–Crippen MR) is 93.4 cm³/mol. The number of aromatic nitrogens is 1. The zero-order valence-corrected chi connectivity index (χ0v) is 13.6. The first-order valence-electron chi connectivity index (χ1n) is 7.23. The maximum atomic E-state index is 5.97. The monoisotopic (exact) mass is 297 g/mol. The molecule has 0 saturated carbocycles. The van der Waals surface area contributed by atoms with E-state index in [0.717, 1.165) is 17.1 Å². The second-order valence-corrected chi connectivity index (χ2v) is 5.49. The van der Waals surface area contributed by atoms with E-state index >= 15 is 0 Å². The molecule has 0 fully saturated rings. The number of benzene rings is 1. The van der Waals surface area contributed by atoms with Crippen LogP contribution in [0.1, 0.15) is 16.8 Å². The SMILES string of the molecule is Cc1ccc(NC(N)=NCc2ncccc2N(C)C)cc1C. The molecule has 116 valence electrons. The summed E-state index contributed by atoms with van der Waals surface area (Å²) in [5, 5.41) is 3.12. The molecule has 1 aromatic heterocycles. The molecule has 1 heterocycles. The Morgan fingerprint density at radius 1 is 1.23 bits per heavy atom. The minimum Gasteiger partial charge on any atom is -0.376 e. The van der Waals surface area contributed by atoms with Gasteiger partial charge in [0.25, 0.3) is 0 Å². The van der Waals surface area contributed by atoms with Gasteiger partial charge >= 0.3 is 0 Å². The molecule has 0 radical (unpaired) electrons. The van der Waals surface area contributed by atoms with E-state index in [2.05, 4.69) is 41.3 Å². The number of hydrogen-bond acceptors (Lipinski definition) is 3. The number of nitrogens with one attached hydrogen (secondary N) is 1. The van der Waals surface area contributed by atoms with Gasteiger partial charge in [-0.25, -0.2) is 4.99 Å². The summed E-state index contributed by atoms with van der Waals surface area (Å²) >= 11 is 0. The van der Waals surface area contributed by atoms with Gasteiger partial charge in [-0.05, 0) is 49.2 Å². The lowest BCUT2D eigenvalue weighted by Crippen LogP contribution is -2.23. The number of guanidine groups is 1. The molecule has 5 nitrogen and oxygen atoms in total. The van der Waals surface area contributed by atoms with Crippen molar-refractivity contribution in [3.63, 3.8) is 0 Å². The van der Waals surface area contributed by atoms with Crippen molar-refractivity contribution in [3.05, 3.63) is 53.3 Å². The average molecular weight is 297 g/mol. The zero-order chi connectivity index (χ0) is 16.1. The van der Waals surface area contributed by atoms with Crippen LogP contribution in [-0.2, 0) is 6.54 Å². The maximum absolute atomic E-state index is 5.97. The molecule has 22 heavy (non-hydrogen) atoms. The van der Waals surface area contributed by atoms with Gasteiger partial charge in [0.05, 0.1) is 17.9 Å². The number of nitrogens with two attached hydrogens (primary N) is 1. The average Bonchev–Trinajstić information content (AvgIpc) is 2.49. The minimum absolute atomic E-state index is 0.388. The second kappa shape index (κ2) is 6.93. The topological polar surface area (TPSA) is 66.5 Å². The highest BCUT2D eigenvalue weighted by Crippen LogP contribution is 2.16. The zero-order valence-electron chi connectivity index (χ0n) is 13.6. The summed E-state index contributed by atoms with van der Waals surface area (Å²) in [6.07, 6.45) is 1.77. The third-order valence-electron chi connectivity index (χ3n) is 3.53. The fourth-order valence-corrected chi connectivity index (χ4v) is 2.13. The van der Waals surface area contributed by atoms with Crippen molar-refractivity contribution in [1.29, 1.82) is 0 Å². The van der Waals surface area contributed by atoms with Crippen LogP contribution in [0.5, 0.6) is 0 Å². The van der Waals surface area contributed by atoms with Gasteiger partial charge in [0.2, 0.25) is 0 Å². The largest absolute Gasteiger partial charge is 0.376 e. The Bertz CT molecular complexity index is 676. The number of pyridine rings is 1. The van der Waals surface area contributed by atoms with Crippen LogP contribution in [0.2, 0.25) is 0 Å². The van der Waals surface area contributed by atoms with Crippen LogP contribution in [0.4, 0.5) is 11.4 Å². The number of rotatable bonds is 4. The predicted octanol–water partition coefficient (Wildman–Crippen LogP) is 2.69. The smallest absolute Gasteiger partial charge is 0.193 e. The Labute approximate surface area is 131 Å². The second-order valence-electron chi connectivity index (χ2n) is 5.49. The third-order valence-corrected chi connectivity index (χ3v) is 3.53. The molecule has 0 atom stereocenters. The van der Waals surface area contributed by atoms with E-state index in [-0.39, 0.29) is 0 Å². The summed E-state index contributed by atoms with van der Waals surface area (Å²) in [6, 6.07) is 10.1. The van der Waals surface area contributed by atoms with E-state index < -0.39 is 0 Å². The number of nitrogens with zero attached hydrogens (tertiary/aromatic N) is 3. The van der Waals surface area contributed by atoms with Crippen LogP contribution in [0.3, 0.4) is 0 Å². The highest BCUT2D eigenvalue weighted by atomic mass is 15.1. The lowest BCUT2D eigenvalue weighted by molar-refractivity contribution is 0.958. The molecule has 3 N–H and O–H groups in total. The maximum Gasteiger partial charge on any atom is 0.193 e. The van der Waals surface area contributed by atoms with Gasteiger partial charge in [0.1, 0.15) is 0 Å². The molecule has 0 saturated heterocycles. The third kappa shape index (κ3) is 3.97. The Morgan fingerprint density at radius 2 is 2.00 bits per heavy atom. The van der Waals surface area contributed by atoms with Gasteiger partial charge in [-0.2, -0.15) is 0 Å². The van der Waals surface area contributed by atoms with Gasteiger partial charge in [0.15, 0.2) is 5.96 Å². The molecule has 5 heteroatoms. The van der Waals surface area contributed by atoms with E-state index in [1.165, 1.54) is 11.1 Å². The first kappa shape index (κ1) is 15.8. The summed E-state index contributed by atoms with van der Waals surface area (Å²) < 4.78 is 0. The van der Waals surface area contributed by atoms with E-state index in [4.69, 9.17) is 5.73 Å². The van der Waals surface area contributed by atoms with Gasteiger partial charge in [-0.3, -0.25) is 4.98 Å². The molecule has 0 unspecified atom stereocenters. The van der Waals surface area contributed by atoms with E-state index in [1.54, 1.807) is 6.20 Å². The first-order valence-corrected chi connectivity index (χ1v) is 7.23. The van der Waals surface area contributed by atoms with Gasteiger partial charge in [-0.15, -0.1) is 0 Å². The van der Waals surface area contributed by atoms with Crippen LogP contribution in [-0.4, -0.2) is 25.0 Å². The lowest BCUT2D eigenvalue weighted by atomic mass is 10.1. The van der Waals surface area contributed by atoms with E-state index in [1.807, 2.05) is 37.2 Å². The molecular weight excluding hydrogens is 274 g/mol. The Hall–Kier alpha value is -2.56. The Kier molecular flexibility index (Phi) is 4.99. The Balaban J connectivity index is 2.08. The van der Waals surface area contributed by atoms with Crippen LogP contribution < -0.4 is 16.0 Å². The quantitative estimate of drug-likeness (QED) is 0.672. The molecule has 0 amide bonds. The van der Waals surface area contributed by atoms with E-state index in [9.17, 15) is 0 Å². The first-order chi connectivity index (χ1) is 10.5. The molecule has 1 aromatic carbocycles.